The maximum absolute atomic E-state index is 13.3. The van der Waals surface area contributed by atoms with Crippen molar-refractivity contribution in [2.24, 2.45) is 0 Å². The molecule has 0 N–H and O–H groups in total. The number of thioether (sulfide) groups is 1. The lowest BCUT2D eigenvalue weighted by Gasteiger charge is -2.20. The predicted molar refractivity (Wildman–Crippen MR) is 72.2 cm³/mol. The molecule has 0 bridgehead atoms. The quantitative estimate of drug-likeness (QED) is 0.759. The van der Waals surface area contributed by atoms with Crippen LogP contribution in [-0.4, -0.2) is 15.2 Å². The second-order valence-electron chi connectivity index (χ2n) is 4.72. The molecule has 3 rings (SSSR count). The highest BCUT2D eigenvalue weighted by atomic mass is 32.2. The summed E-state index contributed by atoms with van der Waals surface area (Å²) in [5.41, 5.74) is 0.824. The van der Waals surface area contributed by atoms with E-state index in [2.05, 4.69) is 9.97 Å². The first-order valence-electron chi connectivity index (χ1n) is 6.40. The highest BCUT2D eigenvalue weighted by Crippen LogP contribution is 2.35. The fraction of sp³-hybridized carbons (Fsp3) is 0.429. The molecule has 1 fully saturated rings. The molecule has 0 saturated heterocycles. The number of halogens is 1. The topological polar surface area (TPSA) is 25.8 Å². The Morgan fingerprint density at radius 3 is 2.78 bits per heavy atom. The number of rotatable bonds is 2. The zero-order valence-electron chi connectivity index (χ0n) is 10.1. The van der Waals surface area contributed by atoms with Gasteiger partial charge in [0, 0.05) is 10.6 Å². The van der Waals surface area contributed by atoms with Crippen LogP contribution in [0.1, 0.15) is 32.1 Å². The molecule has 1 aliphatic carbocycles. The van der Waals surface area contributed by atoms with Crippen LogP contribution in [0.2, 0.25) is 0 Å². The van der Waals surface area contributed by atoms with Gasteiger partial charge in [0.05, 0.1) is 5.52 Å². The van der Waals surface area contributed by atoms with Crippen molar-refractivity contribution in [3.05, 3.63) is 30.3 Å². The van der Waals surface area contributed by atoms with E-state index in [9.17, 15) is 4.39 Å². The molecule has 1 saturated carbocycles. The highest BCUT2D eigenvalue weighted by Gasteiger charge is 2.17. The van der Waals surface area contributed by atoms with Gasteiger partial charge in [-0.25, -0.2) is 14.4 Å². The van der Waals surface area contributed by atoms with E-state index in [1.165, 1.54) is 38.2 Å². The summed E-state index contributed by atoms with van der Waals surface area (Å²) >= 11 is 1.78. The van der Waals surface area contributed by atoms with Crippen LogP contribution in [0.4, 0.5) is 4.39 Å². The van der Waals surface area contributed by atoms with Crippen molar-refractivity contribution in [3.63, 3.8) is 0 Å². The molecular weight excluding hydrogens is 247 g/mol. The molecule has 1 heterocycles. The third-order valence-corrected chi connectivity index (χ3v) is 4.74. The molecule has 1 aromatic heterocycles. The Hall–Kier alpha value is -1.16. The fourth-order valence-electron chi connectivity index (χ4n) is 2.44. The van der Waals surface area contributed by atoms with Crippen molar-refractivity contribution >= 4 is 22.7 Å². The summed E-state index contributed by atoms with van der Waals surface area (Å²) in [6, 6.07) is 4.71. The van der Waals surface area contributed by atoms with Gasteiger partial charge in [0.2, 0.25) is 0 Å². The van der Waals surface area contributed by atoms with E-state index in [1.807, 2.05) is 0 Å². The minimum absolute atomic E-state index is 0.220. The monoisotopic (exact) mass is 262 g/mol. The van der Waals surface area contributed by atoms with Crippen molar-refractivity contribution < 1.29 is 4.39 Å². The van der Waals surface area contributed by atoms with Crippen molar-refractivity contribution in [1.82, 2.24) is 9.97 Å². The van der Waals surface area contributed by atoms with Crippen LogP contribution in [0.15, 0.2) is 29.6 Å². The minimum Gasteiger partial charge on any atom is -0.236 e. The molecule has 18 heavy (non-hydrogen) atoms. The second kappa shape index (κ2) is 5.22. The average Bonchev–Trinajstić information content (AvgIpc) is 2.41. The SMILES string of the molecule is Fc1ccc2ncnc(SC3CCCCC3)c2c1. The van der Waals surface area contributed by atoms with Gasteiger partial charge in [-0.15, -0.1) is 11.8 Å². The van der Waals surface area contributed by atoms with E-state index in [0.29, 0.717) is 5.25 Å². The third-order valence-electron chi connectivity index (χ3n) is 3.39. The Bertz CT molecular complexity index is 552. The van der Waals surface area contributed by atoms with Gasteiger partial charge < -0.3 is 0 Å². The zero-order chi connectivity index (χ0) is 12.4. The Balaban J connectivity index is 1.92. The van der Waals surface area contributed by atoms with E-state index in [1.54, 1.807) is 30.2 Å². The second-order valence-corrected chi connectivity index (χ2v) is 6.01. The van der Waals surface area contributed by atoms with Gasteiger partial charge in [0.15, 0.2) is 0 Å². The molecule has 94 valence electrons. The Morgan fingerprint density at radius 1 is 1.11 bits per heavy atom. The number of hydrogen-bond donors (Lipinski definition) is 0. The fourth-order valence-corrected chi connectivity index (χ4v) is 3.72. The van der Waals surface area contributed by atoms with Gasteiger partial charge in [0.25, 0.3) is 0 Å². The average molecular weight is 262 g/mol. The predicted octanol–water partition coefficient (Wildman–Crippen LogP) is 4.19. The first-order chi connectivity index (χ1) is 8.83. The lowest BCUT2D eigenvalue weighted by molar-refractivity contribution is 0.516. The standard InChI is InChI=1S/C14H15FN2S/c15-10-6-7-13-12(8-10)14(17-9-16-13)18-11-4-2-1-3-5-11/h6-9,11H,1-5H2. The smallest absolute Gasteiger partial charge is 0.124 e. The number of aromatic nitrogens is 2. The molecule has 0 atom stereocenters. The van der Waals surface area contributed by atoms with Crippen molar-refractivity contribution in [3.8, 4) is 0 Å². The molecule has 0 radical (unpaired) electrons. The lowest BCUT2D eigenvalue weighted by Crippen LogP contribution is -2.08. The van der Waals surface area contributed by atoms with Gasteiger partial charge in [-0.05, 0) is 31.0 Å². The van der Waals surface area contributed by atoms with Crippen LogP contribution < -0.4 is 0 Å². The van der Waals surface area contributed by atoms with Crippen molar-refractivity contribution in [2.75, 3.05) is 0 Å². The van der Waals surface area contributed by atoms with Crippen LogP contribution in [-0.2, 0) is 0 Å². The van der Waals surface area contributed by atoms with Crippen LogP contribution in [0.25, 0.3) is 10.9 Å². The van der Waals surface area contributed by atoms with E-state index < -0.39 is 0 Å². The summed E-state index contributed by atoms with van der Waals surface area (Å²) in [4.78, 5) is 8.51. The first kappa shape index (κ1) is 11.9. The van der Waals surface area contributed by atoms with Crippen LogP contribution in [0.5, 0.6) is 0 Å². The molecule has 0 spiro atoms. The molecular formula is C14H15FN2S. The number of fused-ring (bicyclic) bond motifs is 1. The van der Waals surface area contributed by atoms with Gasteiger partial charge in [-0.2, -0.15) is 0 Å². The van der Waals surface area contributed by atoms with Crippen LogP contribution in [0.3, 0.4) is 0 Å². The Labute approximate surface area is 110 Å². The minimum atomic E-state index is -0.220. The highest BCUT2D eigenvalue weighted by molar-refractivity contribution is 8.00. The third kappa shape index (κ3) is 2.48. The van der Waals surface area contributed by atoms with Crippen LogP contribution in [0, 0.1) is 5.82 Å². The van der Waals surface area contributed by atoms with E-state index in [4.69, 9.17) is 0 Å². The summed E-state index contributed by atoms with van der Waals surface area (Å²) in [5.74, 6) is -0.220. The maximum Gasteiger partial charge on any atom is 0.124 e. The summed E-state index contributed by atoms with van der Waals surface area (Å²) in [7, 11) is 0. The number of benzene rings is 1. The maximum atomic E-state index is 13.3. The van der Waals surface area contributed by atoms with Gasteiger partial charge >= 0.3 is 0 Å². The van der Waals surface area contributed by atoms with E-state index in [0.717, 1.165) is 15.9 Å². The Kier molecular flexibility index (Phi) is 3.46. The zero-order valence-corrected chi connectivity index (χ0v) is 10.9. The molecule has 2 nitrogen and oxygen atoms in total. The van der Waals surface area contributed by atoms with E-state index >= 15 is 0 Å². The normalized spacial score (nSPS) is 17.2. The van der Waals surface area contributed by atoms with Crippen molar-refractivity contribution in [1.29, 1.82) is 0 Å². The molecule has 0 unspecified atom stereocenters. The van der Waals surface area contributed by atoms with Gasteiger partial charge in [-0.1, -0.05) is 19.3 Å². The summed E-state index contributed by atoms with van der Waals surface area (Å²) in [6.07, 6.45) is 8.00. The summed E-state index contributed by atoms with van der Waals surface area (Å²) in [5, 5.41) is 2.39. The molecule has 1 aromatic carbocycles. The molecule has 2 aromatic rings. The molecule has 1 aliphatic rings. The number of nitrogens with zero attached hydrogens (tertiary/aromatic N) is 2. The lowest BCUT2D eigenvalue weighted by atomic mass is 10.0. The van der Waals surface area contributed by atoms with Crippen LogP contribution >= 0.6 is 11.8 Å². The first-order valence-corrected chi connectivity index (χ1v) is 7.28. The Morgan fingerprint density at radius 2 is 1.94 bits per heavy atom. The summed E-state index contributed by atoms with van der Waals surface area (Å²) < 4.78 is 13.3. The molecule has 0 aliphatic heterocycles. The van der Waals surface area contributed by atoms with Gasteiger partial charge in [-0.3, -0.25) is 0 Å². The molecule has 0 amide bonds. The summed E-state index contributed by atoms with van der Waals surface area (Å²) in [6.45, 7) is 0. The number of hydrogen-bond acceptors (Lipinski definition) is 3. The van der Waals surface area contributed by atoms with E-state index in [-0.39, 0.29) is 5.82 Å². The van der Waals surface area contributed by atoms with Gasteiger partial charge in [0.1, 0.15) is 17.2 Å². The molecule has 4 heteroatoms. The van der Waals surface area contributed by atoms with Crippen molar-refractivity contribution in [2.45, 2.75) is 42.4 Å². The largest absolute Gasteiger partial charge is 0.236 e.